The lowest BCUT2D eigenvalue weighted by Gasteiger charge is -2.48. The molecule has 1 saturated heterocycles. The molecule has 1 aliphatic carbocycles. The lowest BCUT2D eigenvalue weighted by molar-refractivity contribution is -0.121. The Hall–Kier alpha value is -3.04. The molecule has 2 fully saturated rings. The molecule has 37 heavy (non-hydrogen) atoms. The van der Waals surface area contributed by atoms with Crippen LogP contribution in [0.25, 0.3) is 10.9 Å². The Balaban J connectivity index is 1.09. The van der Waals surface area contributed by atoms with E-state index in [0.717, 1.165) is 60.9 Å². The van der Waals surface area contributed by atoms with Crippen molar-refractivity contribution < 1.29 is 14.3 Å². The first-order valence-electron chi connectivity index (χ1n) is 13.1. The van der Waals surface area contributed by atoms with Crippen LogP contribution in [-0.4, -0.2) is 62.4 Å². The zero-order valence-electron chi connectivity index (χ0n) is 22.1. The van der Waals surface area contributed by atoms with Crippen molar-refractivity contribution in [1.82, 2.24) is 25.0 Å². The van der Waals surface area contributed by atoms with Crippen LogP contribution in [0.2, 0.25) is 0 Å². The molecule has 1 aliphatic heterocycles. The van der Waals surface area contributed by atoms with Gasteiger partial charge in [0.15, 0.2) is 5.82 Å². The van der Waals surface area contributed by atoms with Crippen molar-refractivity contribution in [2.45, 2.75) is 69.8 Å². The maximum atomic E-state index is 14.5. The van der Waals surface area contributed by atoms with E-state index < -0.39 is 11.3 Å². The number of rotatable bonds is 7. The number of anilines is 1. The minimum atomic E-state index is -1.45. The molecule has 1 saturated carbocycles. The number of hydrogen-bond donors (Lipinski definition) is 3. The van der Waals surface area contributed by atoms with Gasteiger partial charge in [0.2, 0.25) is 5.91 Å². The van der Waals surface area contributed by atoms with E-state index in [1.54, 1.807) is 23.0 Å². The molecular formula is C28H37FN6O2. The highest BCUT2D eigenvalue weighted by molar-refractivity contribution is 5.92. The first-order chi connectivity index (χ1) is 17.5. The average Bonchev–Trinajstić information content (AvgIpc) is 3.15. The number of aryl methyl sites for hydroxylation is 2. The van der Waals surface area contributed by atoms with Gasteiger partial charge in [-0.2, -0.15) is 5.10 Å². The van der Waals surface area contributed by atoms with Crippen LogP contribution in [0.3, 0.4) is 0 Å². The molecule has 1 amide bonds. The molecule has 2 aliphatic rings. The highest BCUT2D eigenvalue weighted by atomic mass is 19.1. The highest BCUT2D eigenvalue weighted by Crippen LogP contribution is 2.39. The number of carbonyl (C=O) groups excluding carboxylic acids is 1. The number of nitrogens with one attached hydrogen (secondary N) is 2. The van der Waals surface area contributed by atoms with Gasteiger partial charge >= 0.3 is 0 Å². The predicted octanol–water partition coefficient (Wildman–Crippen LogP) is 3.52. The molecule has 0 unspecified atom stereocenters. The van der Waals surface area contributed by atoms with Crippen molar-refractivity contribution in [2.24, 2.45) is 7.05 Å². The Kier molecular flexibility index (Phi) is 6.70. The normalized spacial score (nSPS) is 23.1. The molecule has 9 heteroatoms. The summed E-state index contributed by atoms with van der Waals surface area (Å²) in [7, 11) is 1.83. The second-order valence-electron chi connectivity index (χ2n) is 11.2. The van der Waals surface area contributed by atoms with Gasteiger partial charge in [-0.15, -0.1) is 0 Å². The molecule has 2 aromatic heterocycles. The van der Waals surface area contributed by atoms with Crippen molar-refractivity contribution in [3.63, 3.8) is 0 Å². The Morgan fingerprint density at radius 3 is 2.59 bits per heavy atom. The lowest BCUT2D eigenvalue weighted by Crippen LogP contribution is -2.63. The quantitative estimate of drug-likeness (QED) is 0.452. The highest BCUT2D eigenvalue weighted by Gasteiger charge is 2.40. The molecule has 0 bridgehead atoms. The van der Waals surface area contributed by atoms with Gasteiger partial charge in [0.25, 0.3) is 0 Å². The Bertz CT molecular complexity index is 1270. The number of benzene rings is 1. The van der Waals surface area contributed by atoms with Crippen LogP contribution in [0.5, 0.6) is 0 Å². The Morgan fingerprint density at radius 2 is 1.95 bits per heavy atom. The number of pyridine rings is 1. The molecule has 1 aromatic carbocycles. The molecule has 8 nitrogen and oxygen atoms in total. The second kappa shape index (κ2) is 9.68. The number of hydrogen-bond acceptors (Lipinski definition) is 6. The summed E-state index contributed by atoms with van der Waals surface area (Å²) in [5.74, 6) is 0.489. The van der Waals surface area contributed by atoms with Gasteiger partial charge in [0.05, 0.1) is 23.7 Å². The van der Waals surface area contributed by atoms with Crippen LogP contribution < -0.4 is 10.6 Å². The van der Waals surface area contributed by atoms with E-state index in [4.69, 9.17) is 0 Å². The van der Waals surface area contributed by atoms with Crippen molar-refractivity contribution in [2.75, 3.05) is 25.0 Å². The molecular weight excluding hydrogens is 471 g/mol. The molecule has 0 radical (unpaired) electrons. The van der Waals surface area contributed by atoms with Gasteiger partial charge < -0.3 is 15.7 Å². The fraction of sp³-hybridized carbons (Fsp3) is 0.536. The summed E-state index contributed by atoms with van der Waals surface area (Å²) in [4.78, 5) is 19.4. The number of halogens is 1. The Morgan fingerprint density at radius 1 is 1.22 bits per heavy atom. The van der Waals surface area contributed by atoms with Crippen LogP contribution in [0.1, 0.15) is 56.4 Å². The zero-order chi connectivity index (χ0) is 26.4. The standard InChI is InChI=1S/C28H37FN6O2/c1-18-5-6-20(14-30-18)28(37)11-9-22(10-12-28)35-16-21(17-35)32-25(36)15-31-26-23-13-19(27(2,3)29)7-8-24(23)34(4)33-26/h5-8,13-14,21-22,37H,9-12,15-17H2,1-4H3,(H,31,33)(H,32,36). The Labute approximate surface area is 217 Å². The number of alkyl halides is 1. The fourth-order valence-corrected chi connectivity index (χ4v) is 5.59. The summed E-state index contributed by atoms with van der Waals surface area (Å²) in [6.45, 7) is 6.76. The number of aromatic nitrogens is 3. The van der Waals surface area contributed by atoms with Crippen molar-refractivity contribution in [1.29, 1.82) is 0 Å². The van der Waals surface area contributed by atoms with Gasteiger partial charge in [0, 0.05) is 49.0 Å². The minimum absolute atomic E-state index is 0.0877. The van der Waals surface area contributed by atoms with Crippen LogP contribution in [0.15, 0.2) is 36.5 Å². The number of fused-ring (bicyclic) bond motifs is 1. The van der Waals surface area contributed by atoms with E-state index in [1.807, 2.05) is 32.2 Å². The molecule has 3 heterocycles. The summed E-state index contributed by atoms with van der Waals surface area (Å²) in [6, 6.07) is 9.92. The molecule has 0 spiro atoms. The van der Waals surface area contributed by atoms with Crippen LogP contribution in [0.4, 0.5) is 10.2 Å². The maximum absolute atomic E-state index is 14.5. The summed E-state index contributed by atoms with van der Waals surface area (Å²) >= 11 is 0. The number of aliphatic hydroxyl groups is 1. The van der Waals surface area contributed by atoms with Crippen LogP contribution in [-0.2, 0) is 23.1 Å². The predicted molar refractivity (Wildman–Crippen MR) is 142 cm³/mol. The number of likely N-dealkylation sites (tertiary alicyclic amines) is 1. The van der Waals surface area contributed by atoms with Gasteiger partial charge in [-0.1, -0.05) is 12.1 Å². The van der Waals surface area contributed by atoms with E-state index in [9.17, 15) is 14.3 Å². The van der Waals surface area contributed by atoms with E-state index in [-0.39, 0.29) is 18.5 Å². The van der Waals surface area contributed by atoms with Gasteiger partial charge in [0.1, 0.15) is 5.67 Å². The summed E-state index contributed by atoms with van der Waals surface area (Å²) in [5, 5.41) is 22.6. The smallest absolute Gasteiger partial charge is 0.239 e. The summed E-state index contributed by atoms with van der Waals surface area (Å²) in [6.07, 6.45) is 5.10. The minimum Gasteiger partial charge on any atom is -0.385 e. The molecule has 3 aromatic rings. The third-order valence-corrected chi connectivity index (χ3v) is 7.98. The first kappa shape index (κ1) is 25.6. The average molecular weight is 509 g/mol. The van der Waals surface area contributed by atoms with E-state index in [1.165, 1.54) is 13.8 Å². The fourth-order valence-electron chi connectivity index (χ4n) is 5.59. The van der Waals surface area contributed by atoms with Crippen LogP contribution in [0, 0.1) is 6.92 Å². The van der Waals surface area contributed by atoms with Gasteiger partial charge in [-0.3, -0.25) is 19.4 Å². The third kappa shape index (κ3) is 5.33. The third-order valence-electron chi connectivity index (χ3n) is 7.98. The van der Waals surface area contributed by atoms with Crippen molar-refractivity contribution >= 4 is 22.6 Å². The topological polar surface area (TPSA) is 95.3 Å². The molecule has 5 rings (SSSR count). The lowest BCUT2D eigenvalue weighted by atomic mass is 9.77. The summed E-state index contributed by atoms with van der Waals surface area (Å²) in [5.41, 5.74) is 1.06. The van der Waals surface area contributed by atoms with E-state index >= 15 is 0 Å². The van der Waals surface area contributed by atoms with Gasteiger partial charge in [-0.05, 0) is 70.2 Å². The van der Waals surface area contributed by atoms with Crippen molar-refractivity contribution in [3.05, 3.63) is 53.3 Å². The van der Waals surface area contributed by atoms with Crippen molar-refractivity contribution in [3.8, 4) is 0 Å². The second-order valence-corrected chi connectivity index (χ2v) is 11.2. The van der Waals surface area contributed by atoms with Gasteiger partial charge in [-0.25, -0.2) is 4.39 Å². The molecule has 3 N–H and O–H groups in total. The maximum Gasteiger partial charge on any atom is 0.239 e. The zero-order valence-corrected chi connectivity index (χ0v) is 22.1. The van der Waals surface area contributed by atoms with Crippen LogP contribution >= 0.6 is 0 Å². The number of amides is 1. The van der Waals surface area contributed by atoms with E-state index in [2.05, 4.69) is 25.6 Å². The monoisotopic (exact) mass is 508 g/mol. The SMILES string of the molecule is Cc1ccc(C2(O)CCC(N3CC(NC(=O)CNc4nn(C)c5ccc(C(C)(C)F)cc45)C3)CC2)cn1. The largest absolute Gasteiger partial charge is 0.385 e. The molecule has 0 atom stereocenters. The van der Waals surface area contributed by atoms with E-state index in [0.29, 0.717) is 17.4 Å². The number of carbonyl (C=O) groups is 1. The summed E-state index contributed by atoms with van der Waals surface area (Å²) < 4.78 is 16.2. The number of nitrogens with zero attached hydrogens (tertiary/aromatic N) is 4. The first-order valence-corrected chi connectivity index (χ1v) is 13.1. The molecule has 198 valence electrons.